The van der Waals surface area contributed by atoms with Crippen LogP contribution in [0.2, 0.25) is 0 Å². The highest BCUT2D eigenvalue weighted by molar-refractivity contribution is 7.99. The van der Waals surface area contributed by atoms with Gasteiger partial charge < -0.3 is 4.98 Å². The van der Waals surface area contributed by atoms with Crippen LogP contribution in [0.15, 0.2) is 16.0 Å². The van der Waals surface area contributed by atoms with Crippen LogP contribution in [0.1, 0.15) is 37.8 Å². The Balaban J connectivity index is 2.15. The molecule has 1 aliphatic rings. The van der Waals surface area contributed by atoms with Crippen LogP contribution >= 0.6 is 11.8 Å². The Labute approximate surface area is 111 Å². The van der Waals surface area contributed by atoms with Crippen LogP contribution < -0.4 is 5.56 Å². The first-order chi connectivity index (χ1) is 8.69. The van der Waals surface area contributed by atoms with Crippen LogP contribution in [-0.4, -0.2) is 15.2 Å². The van der Waals surface area contributed by atoms with E-state index in [0.29, 0.717) is 5.16 Å². The number of thioether (sulfide) groups is 1. The lowest BCUT2D eigenvalue weighted by Crippen LogP contribution is -2.16. The molecule has 1 fully saturated rings. The highest BCUT2D eigenvalue weighted by Crippen LogP contribution is 2.34. The summed E-state index contributed by atoms with van der Waals surface area (Å²) in [7, 11) is 0. The molecule has 0 saturated heterocycles. The lowest BCUT2D eigenvalue weighted by molar-refractivity contribution is 0.583. The quantitative estimate of drug-likeness (QED) is 0.658. The zero-order valence-corrected chi connectivity index (χ0v) is 11.3. The number of nitriles is 1. The Morgan fingerprint density at radius 1 is 1.44 bits per heavy atom. The van der Waals surface area contributed by atoms with Gasteiger partial charge in [0.15, 0.2) is 5.16 Å². The van der Waals surface area contributed by atoms with E-state index in [1.165, 1.54) is 12.5 Å². The second kappa shape index (κ2) is 6.05. The first-order valence-corrected chi connectivity index (χ1v) is 7.21. The molecule has 2 atom stereocenters. The Kier molecular flexibility index (Phi) is 4.43. The fourth-order valence-corrected chi connectivity index (χ4v) is 3.60. The molecule has 1 N–H and O–H groups in total. The molecule has 2 unspecified atom stereocenters. The molecule has 0 aromatic carbocycles. The first kappa shape index (κ1) is 13.2. The maximum absolute atomic E-state index is 11.4. The zero-order chi connectivity index (χ0) is 13.0. The SMILES string of the molecule is Cc1cc(=O)[nH]c(SC2CCCCCC2C#N)n1. The molecule has 0 amide bonds. The molecule has 1 heterocycles. The van der Waals surface area contributed by atoms with Crippen molar-refractivity contribution in [1.29, 1.82) is 5.26 Å². The van der Waals surface area contributed by atoms with Gasteiger partial charge in [-0.2, -0.15) is 5.26 Å². The van der Waals surface area contributed by atoms with E-state index >= 15 is 0 Å². The van der Waals surface area contributed by atoms with Crippen LogP contribution in [0.4, 0.5) is 0 Å². The molecule has 1 aliphatic carbocycles. The third-order valence-corrected chi connectivity index (χ3v) is 4.51. The molecule has 1 saturated carbocycles. The Hall–Kier alpha value is -1.28. The van der Waals surface area contributed by atoms with Gasteiger partial charge >= 0.3 is 0 Å². The van der Waals surface area contributed by atoms with Crippen molar-refractivity contribution in [3.63, 3.8) is 0 Å². The van der Waals surface area contributed by atoms with Crippen molar-refractivity contribution in [2.45, 2.75) is 49.4 Å². The minimum atomic E-state index is -0.118. The number of aryl methyl sites for hydroxylation is 1. The summed E-state index contributed by atoms with van der Waals surface area (Å²) < 4.78 is 0. The summed E-state index contributed by atoms with van der Waals surface area (Å²) in [4.78, 5) is 18.5. The summed E-state index contributed by atoms with van der Waals surface area (Å²) in [5.74, 6) is 0.0725. The van der Waals surface area contributed by atoms with E-state index < -0.39 is 0 Å². The summed E-state index contributed by atoms with van der Waals surface area (Å²) in [5.41, 5.74) is 0.607. The standard InChI is InChI=1S/C13H17N3OS/c1-9-7-12(17)16-13(15-9)18-11-6-4-2-3-5-10(11)8-14/h7,10-11H,2-6H2,1H3,(H,15,16,17). The molecule has 0 radical (unpaired) electrons. The van der Waals surface area contributed by atoms with Gasteiger partial charge in [0.05, 0.1) is 12.0 Å². The number of H-pyrrole nitrogens is 1. The maximum Gasteiger partial charge on any atom is 0.251 e. The van der Waals surface area contributed by atoms with Crippen molar-refractivity contribution in [3.8, 4) is 6.07 Å². The van der Waals surface area contributed by atoms with Crippen LogP contribution in [-0.2, 0) is 0 Å². The molecule has 4 nitrogen and oxygen atoms in total. The summed E-state index contributed by atoms with van der Waals surface area (Å²) in [6, 6.07) is 3.89. The number of aromatic nitrogens is 2. The largest absolute Gasteiger partial charge is 0.301 e. The van der Waals surface area contributed by atoms with Crippen molar-refractivity contribution in [1.82, 2.24) is 9.97 Å². The fraction of sp³-hybridized carbons (Fsp3) is 0.615. The number of aromatic amines is 1. The summed E-state index contributed by atoms with van der Waals surface area (Å²) in [6.07, 6.45) is 5.48. The van der Waals surface area contributed by atoms with E-state index in [9.17, 15) is 10.1 Å². The summed E-state index contributed by atoms with van der Waals surface area (Å²) in [5, 5.41) is 10.1. The van der Waals surface area contributed by atoms with Crippen LogP contribution in [0.25, 0.3) is 0 Å². The van der Waals surface area contributed by atoms with Gasteiger partial charge in [-0.3, -0.25) is 4.79 Å². The van der Waals surface area contributed by atoms with Crippen molar-refractivity contribution in [2.24, 2.45) is 5.92 Å². The predicted octanol–water partition coefficient (Wildman–Crippen LogP) is 2.64. The van der Waals surface area contributed by atoms with Gasteiger partial charge in [-0.1, -0.05) is 31.0 Å². The van der Waals surface area contributed by atoms with Gasteiger partial charge in [0.1, 0.15) is 0 Å². The van der Waals surface area contributed by atoms with Crippen molar-refractivity contribution < 1.29 is 0 Å². The molecule has 5 heteroatoms. The molecule has 0 spiro atoms. The second-order valence-corrected chi connectivity index (χ2v) is 5.95. The highest BCUT2D eigenvalue weighted by atomic mass is 32.2. The van der Waals surface area contributed by atoms with Gasteiger partial charge in [-0.25, -0.2) is 4.98 Å². The van der Waals surface area contributed by atoms with Gasteiger partial charge in [0.25, 0.3) is 5.56 Å². The molecular formula is C13H17N3OS. The van der Waals surface area contributed by atoms with Crippen LogP contribution in [0.5, 0.6) is 0 Å². The van der Waals surface area contributed by atoms with Crippen molar-refractivity contribution in [3.05, 3.63) is 22.1 Å². The van der Waals surface area contributed by atoms with Crippen molar-refractivity contribution in [2.75, 3.05) is 0 Å². The van der Waals surface area contributed by atoms with Crippen molar-refractivity contribution >= 4 is 11.8 Å². The molecule has 0 bridgehead atoms. The lowest BCUT2D eigenvalue weighted by Gasteiger charge is -2.17. The van der Waals surface area contributed by atoms with Crippen LogP contribution in [0, 0.1) is 24.2 Å². The van der Waals surface area contributed by atoms with E-state index in [0.717, 1.165) is 31.4 Å². The fourth-order valence-electron chi connectivity index (χ4n) is 2.31. The molecule has 0 aliphatic heterocycles. The average molecular weight is 263 g/mol. The average Bonchev–Trinajstić information content (AvgIpc) is 2.52. The summed E-state index contributed by atoms with van der Waals surface area (Å²) in [6.45, 7) is 1.81. The van der Waals surface area contributed by atoms with Gasteiger partial charge in [-0.15, -0.1) is 0 Å². The summed E-state index contributed by atoms with van der Waals surface area (Å²) >= 11 is 1.55. The second-order valence-electron chi connectivity index (χ2n) is 4.72. The van der Waals surface area contributed by atoms with E-state index in [1.807, 2.05) is 6.92 Å². The topological polar surface area (TPSA) is 69.5 Å². The molecule has 96 valence electrons. The third kappa shape index (κ3) is 3.36. The highest BCUT2D eigenvalue weighted by Gasteiger charge is 2.25. The molecule has 18 heavy (non-hydrogen) atoms. The minimum absolute atomic E-state index is 0.0725. The Morgan fingerprint density at radius 3 is 2.94 bits per heavy atom. The number of nitrogens with one attached hydrogen (secondary N) is 1. The lowest BCUT2D eigenvalue weighted by atomic mass is 10.0. The van der Waals surface area contributed by atoms with Gasteiger partial charge in [0.2, 0.25) is 0 Å². The molecule has 1 aromatic rings. The number of rotatable bonds is 2. The third-order valence-electron chi connectivity index (χ3n) is 3.23. The molecule has 1 aromatic heterocycles. The van der Waals surface area contributed by atoms with E-state index in [1.54, 1.807) is 11.8 Å². The van der Waals surface area contributed by atoms with Crippen LogP contribution in [0.3, 0.4) is 0 Å². The van der Waals surface area contributed by atoms with E-state index in [4.69, 9.17) is 0 Å². The normalized spacial score (nSPS) is 24.2. The Bertz CT molecular complexity index is 506. The smallest absolute Gasteiger partial charge is 0.251 e. The maximum atomic E-state index is 11.4. The molecule has 2 rings (SSSR count). The first-order valence-electron chi connectivity index (χ1n) is 6.33. The predicted molar refractivity (Wildman–Crippen MR) is 71.4 cm³/mol. The van der Waals surface area contributed by atoms with Gasteiger partial charge in [0, 0.05) is 17.0 Å². The van der Waals surface area contributed by atoms with E-state index in [2.05, 4.69) is 16.0 Å². The number of hydrogen-bond donors (Lipinski definition) is 1. The van der Waals surface area contributed by atoms with E-state index in [-0.39, 0.29) is 16.7 Å². The molecular weight excluding hydrogens is 246 g/mol. The zero-order valence-electron chi connectivity index (χ0n) is 10.5. The minimum Gasteiger partial charge on any atom is -0.301 e. The number of nitrogens with zero attached hydrogens (tertiary/aromatic N) is 2. The van der Waals surface area contributed by atoms with Gasteiger partial charge in [-0.05, 0) is 19.8 Å². The monoisotopic (exact) mass is 263 g/mol. The number of hydrogen-bond acceptors (Lipinski definition) is 4. The Morgan fingerprint density at radius 2 is 2.22 bits per heavy atom.